The quantitative estimate of drug-likeness (QED) is 0.433. The van der Waals surface area contributed by atoms with Crippen LogP contribution in [0.5, 0.6) is 0 Å². The Morgan fingerprint density at radius 3 is 2.67 bits per heavy atom. The third kappa shape index (κ3) is 4.10. The normalized spacial score (nSPS) is 21.9. The Hall–Kier alpha value is -2.92. The van der Waals surface area contributed by atoms with Crippen LogP contribution in [-0.2, 0) is 16.6 Å². The molecule has 3 atom stereocenters. The molecule has 1 saturated heterocycles. The van der Waals surface area contributed by atoms with Gasteiger partial charge in [-0.3, -0.25) is 9.78 Å². The molecule has 2 N–H and O–H groups in total. The molecule has 2 amide bonds. The lowest BCUT2D eigenvalue weighted by Crippen LogP contribution is -2.65. The summed E-state index contributed by atoms with van der Waals surface area (Å²) in [5.41, 5.74) is 6.94. The van der Waals surface area contributed by atoms with Crippen molar-refractivity contribution in [3.05, 3.63) is 54.4 Å². The number of para-hydroxylation sites is 2. The van der Waals surface area contributed by atoms with Gasteiger partial charge in [0.15, 0.2) is 11.2 Å². The summed E-state index contributed by atoms with van der Waals surface area (Å²) in [4.78, 5) is 34.2. The first-order chi connectivity index (χ1) is 15.7. The van der Waals surface area contributed by atoms with Gasteiger partial charge < -0.3 is 10.3 Å². The summed E-state index contributed by atoms with van der Waals surface area (Å²) in [5, 5.41) is 0.502. The maximum Gasteiger partial charge on any atom is 0.446 e. The van der Waals surface area contributed by atoms with E-state index in [1.807, 2.05) is 24.3 Å². The fourth-order valence-electron chi connectivity index (χ4n) is 4.81. The molecule has 7 nitrogen and oxygen atoms in total. The van der Waals surface area contributed by atoms with Gasteiger partial charge in [-0.2, -0.15) is 13.2 Å². The van der Waals surface area contributed by atoms with Crippen molar-refractivity contribution in [2.24, 2.45) is 12.8 Å². The molecular formula is C22H23F3N5O2S+. The third-order valence-corrected chi connectivity index (χ3v) is 7.21. The van der Waals surface area contributed by atoms with Crippen LogP contribution in [0.1, 0.15) is 24.4 Å². The minimum absolute atomic E-state index is 0.116. The monoisotopic (exact) mass is 478 g/mol. The molecule has 1 fully saturated rings. The van der Waals surface area contributed by atoms with E-state index >= 15 is 0 Å². The summed E-state index contributed by atoms with van der Waals surface area (Å²) in [6.45, 7) is -0.130. The second kappa shape index (κ2) is 8.79. The van der Waals surface area contributed by atoms with Gasteiger partial charge in [-0.25, -0.2) is 14.3 Å². The topological polar surface area (TPSA) is 90.9 Å². The lowest BCUT2D eigenvalue weighted by Gasteiger charge is -2.43. The van der Waals surface area contributed by atoms with Crippen LogP contribution in [0.15, 0.2) is 53.9 Å². The van der Waals surface area contributed by atoms with E-state index in [0.29, 0.717) is 5.16 Å². The fourth-order valence-corrected chi connectivity index (χ4v) is 5.75. The average Bonchev–Trinajstić information content (AvgIpc) is 3.35. The number of pyridine rings is 1. The van der Waals surface area contributed by atoms with Crippen molar-refractivity contribution in [2.45, 2.75) is 36.3 Å². The molecule has 0 spiro atoms. The molecule has 1 aliphatic heterocycles. The summed E-state index contributed by atoms with van der Waals surface area (Å²) in [7, 11) is 1.78. The van der Waals surface area contributed by atoms with Crippen LogP contribution < -0.4 is 5.73 Å². The number of amides is 2. The van der Waals surface area contributed by atoms with Gasteiger partial charge in [0, 0.05) is 37.8 Å². The van der Waals surface area contributed by atoms with Crippen LogP contribution >= 0.6 is 11.8 Å². The molecule has 3 heterocycles. The number of quaternary nitrogens is 1. The maximum absolute atomic E-state index is 14.5. The number of rotatable bonds is 6. The van der Waals surface area contributed by atoms with E-state index in [9.17, 15) is 22.8 Å². The highest BCUT2D eigenvalue weighted by atomic mass is 32.2. The minimum Gasteiger partial charge on any atom is -0.364 e. The zero-order valence-corrected chi connectivity index (χ0v) is 18.6. The number of nitrogens with two attached hydrogens (primary N) is 1. The Balaban J connectivity index is 1.74. The van der Waals surface area contributed by atoms with Gasteiger partial charge >= 0.3 is 12.1 Å². The van der Waals surface area contributed by atoms with Crippen molar-refractivity contribution in [2.75, 3.05) is 12.3 Å². The zero-order valence-electron chi connectivity index (χ0n) is 17.8. The molecule has 1 aliphatic rings. The summed E-state index contributed by atoms with van der Waals surface area (Å²) in [6.07, 6.45) is -1.94. The van der Waals surface area contributed by atoms with E-state index in [4.69, 9.17) is 5.73 Å². The van der Waals surface area contributed by atoms with Gasteiger partial charge in [0.25, 0.3) is 5.91 Å². The highest BCUT2D eigenvalue weighted by Crippen LogP contribution is 2.48. The molecule has 2 aromatic heterocycles. The molecular weight excluding hydrogens is 455 g/mol. The number of nitrogens with zero attached hydrogens (tertiary/aromatic N) is 4. The van der Waals surface area contributed by atoms with Gasteiger partial charge in [0.1, 0.15) is 5.75 Å². The summed E-state index contributed by atoms with van der Waals surface area (Å²) in [6, 6.07) is 6.54. The number of hydrogen-bond acceptors (Lipinski definition) is 5. The molecule has 174 valence electrons. The number of thioether (sulfide) groups is 1. The first kappa shape index (κ1) is 23.2. The van der Waals surface area contributed by atoms with E-state index in [0.717, 1.165) is 29.0 Å². The molecule has 0 radical (unpaired) electrons. The van der Waals surface area contributed by atoms with Crippen LogP contribution in [0.4, 0.5) is 13.2 Å². The Kier molecular flexibility index (Phi) is 6.19. The predicted molar refractivity (Wildman–Crippen MR) is 117 cm³/mol. The number of alkyl halides is 3. The number of halogens is 3. The highest BCUT2D eigenvalue weighted by molar-refractivity contribution is 7.99. The summed E-state index contributed by atoms with van der Waals surface area (Å²) < 4.78 is 44.2. The molecule has 0 saturated carbocycles. The van der Waals surface area contributed by atoms with Gasteiger partial charge in [0.2, 0.25) is 6.04 Å². The van der Waals surface area contributed by atoms with E-state index in [2.05, 4.69) is 9.97 Å². The number of likely N-dealkylation sites (tertiary alicyclic amines) is 1. The molecule has 0 aliphatic carbocycles. The number of aryl methyl sites for hydroxylation is 1. The second-order valence-corrected chi connectivity index (χ2v) is 9.01. The number of carbonyl (C=O) groups excluding carboxylic acids is 2. The fraction of sp³-hybridized carbons (Fsp3) is 0.364. The Morgan fingerprint density at radius 2 is 2.03 bits per heavy atom. The van der Waals surface area contributed by atoms with E-state index in [1.165, 1.54) is 18.3 Å². The zero-order chi connectivity index (χ0) is 23.8. The van der Waals surface area contributed by atoms with Gasteiger partial charge in [0.05, 0.1) is 17.6 Å². The molecule has 0 bridgehead atoms. The van der Waals surface area contributed by atoms with E-state index < -0.39 is 34.6 Å². The number of fused-ring (bicyclic) bond motifs is 1. The summed E-state index contributed by atoms with van der Waals surface area (Å²) in [5.74, 6) is -1.90. The molecule has 1 aromatic carbocycles. The molecule has 11 heteroatoms. The van der Waals surface area contributed by atoms with E-state index in [-0.39, 0.29) is 30.7 Å². The minimum atomic E-state index is -4.79. The van der Waals surface area contributed by atoms with Crippen molar-refractivity contribution in [1.82, 2.24) is 14.5 Å². The lowest BCUT2D eigenvalue weighted by molar-refractivity contribution is -0.900. The van der Waals surface area contributed by atoms with Crippen LogP contribution in [0, 0.1) is 0 Å². The summed E-state index contributed by atoms with van der Waals surface area (Å²) >= 11 is 1.05. The number of benzene rings is 1. The number of hydrogen-bond donors (Lipinski definition) is 1. The van der Waals surface area contributed by atoms with Gasteiger partial charge in [-0.15, -0.1) is 0 Å². The highest BCUT2D eigenvalue weighted by Gasteiger charge is 2.64. The second-order valence-electron chi connectivity index (χ2n) is 8.07. The first-order valence-corrected chi connectivity index (χ1v) is 11.4. The van der Waals surface area contributed by atoms with E-state index in [1.54, 1.807) is 11.6 Å². The van der Waals surface area contributed by atoms with Crippen LogP contribution in [0.3, 0.4) is 0 Å². The number of carbonyl (C=O) groups is 2. The molecule has 3 aromatic rings. The standard InChI is InChI=1S/C22H22F3N5O2S/c1-29-16-8-3-2-7-15(16)28-21(29)33-13-18(31)30(11-5-9-17(30)20(26)32)19(22(23,24)25)14-6-4-10-27-12-14/h2-4,6-8,10,12,17,19H,5,9,11,13H2,1H3,(H-,26,32)/p+1/t17-,19?,30?/m0/s1. The Labute approximate surface area is 192 Å². The number of imidazole rings is 1. The van der Waals surface area contributed by atoms with Crippen molar-refractivity contribution in [1.29, 1.82) is 0 Å². The van der Waals surface area contributed by atoms with Gasteiger partial charge in [-0.05, 0) is 24.3 Å². The largest absolute Gasteiger partial charge is 0.446 e. The van der Waals surface area contributed by atoms with Crippen molar-refractivity contribution in [3.63, 3.8) is 0 Å². The van der Waals surface area contributed by atoms with Gasteiger partial charge in [-0.1, -0.05) is 23.9 Å². The Bertz CT molecular complexity index is 1180. The van der Waals surface area contributed by atoms with Crippen molar-refractivity contribution < 1.29 is 27.2 Å². The van der Waals surface area contributed by atoms with Crippen LogP contribution in [0.2, 0.25) is 0 Å². The smallest absolute Gasteiger partial charge is 0.364 e. The van der Waals surface area contributed by atoms with Crippen LogP contribution in [0.25, 0.3) is 11.0 Å². The maximum atomic E-state index is 14.5. The number of aromatic nitrogens is 3. The first-order valence-electron chi connectivity index (χ1n) is 10.4. The number of primary amides is 1. The predicted octanol–water partition coefficient (Wildman–Crippen LogP) is 3.36. The lowest BCUT2D eigenvalue weighted by atomic mass is 10.0. The van der Waals surface area contributed by atoms with Crippen molar-refractivity contribution >= 4 is 34.6 Å². The Morgan fingerprint density at radius 1 is 1.27 bits per heavy atom. The molecule has 2 unspecified atom stereocenters. The molecule has 4 rings (SSSR count). The molecule has 33 heavy (non-hydrogen) atoms. The van der Waals surface area contributed by atoms with Crippen molar-refractivity contribution in [3.8, 4) is 0 Å². The average molecular weight is 479 g/mol. The third-order valence-electron chi connectivity index (χ3n) is 6.20. The van der Waals surface area contributed by atoms with Crippen LogP contribution in [-0.4, -0.2) is 55.3 Å². The SMILES string of the molecule is Cn1c(SCC(=O)[N+]2(C(c3cccnc3)C(F)(F)F)CCC[C@H]2C(N)=O)nc2ccccc21.